The molecular formula is C17H29N3O. The fraction of sp³-hybridized carbons (Fsp3) is 0.588. The Morgan fingerprint density at radius 3 is 2.29 bits per heavy atom. The smallest absolute Gasteiger partial charge is 0.227 e. The Kier molecular flexibility index (Phi) is 8.71. The summed E-state index contributed by atoms with van der Waals surface area (Å²) in [5, 5.41) is 0. The maximum absolute atomic E-state index is 12.5. The monoisotopic (exact) mass is 291 g/mol. The van der Waals surface area contributed by atoms with E-state index in [4.69, 9.17) is 5.73 Å². The van der Waals surface area contributed by atoms with Crippen LogP contribution in [0.1, 0.15) is 32.1 Å². The molecule has 0 unspecified atom stereocenters. The van der Waals surface area contributed by atoms with Crippen LogP contribution in [0, 0.1) is 0 Å². The molecule has 2 N–H and O–H groups in total. The van der Waals surface area contributed by atoms with Crippen LogP contribution >= 0.6 is 0 Å². The van der Waals surface area contributed by atoms with E-state index in [9.17, 15) is 4.79 Å². The molecular weight excluding hydrogens is 262 g/mol. The van der Waals surface area contributed by atoms with Gasteiger partial charge in [-0.1, -0.05) is 31.0 Å². The summed E-state index contributed by atoms with van der Waals surface area (Å²) in [7, 11) is 4.06. The quantitative estimate of drug-likeness (QED) is 0.674. The van der Waals surface area contributed by atoms with Gasteiger partial charge < -0.3 is 15.5 Å². The highest BCUT2D eigenvalue weighted by Gasteiger charge is 2.15. The average Bonchev–Trinajstić information content (AvgIpc) is 2.48. The van der Waals surface area contributed by atoms with E-state index in [-0.39, 0.29) is 5.91 Å². The van der Waals surface area contributed by atoms with Crippen LogP contribution in [-0.4, -0.2) is 44.5 Å². The van der Waals surface area contributed by atoms with Crippen molar-refractivity contribution in [1.29, 1.82) is 0 Å². The number of unbranched alkanes of at least 4 members (excludes halogenated alkanes) is 3. The van der Waals surface area contributed by atoms with Gasteiger partial charge in [-0.2, -0.15) is 0 Å². The summed E-state index contributed by atoms with van der Waals surface area (Å²) in [6.45, 7) is 2.35. The molecule has 1 aromatic rings. The normalized spacial score (nSPS) is 10.9. The lowest BCUT2D eigenvalue weighted by atomic mass is 10.1. The molecule has 1 aromatic carbocycles. The minimum absolute atomic E-state index is 0.218. The first-order chi connectivity index (χ1) is 10.1. The van der Waals surface area contributed by atoms with Gasteiger partial charge in [0.05, 0.1) is 0 Å². The summed E-state index contributed by atoms with van der Waals surface area (Å²) in [5.74, 6) is 0.218. The van der Waals surface area contributed by atoms with Crippen LogP contribution in [0.2, 0.25) is 0 Å². The van der Waals surface area contributed by atoms with E-state index in [1.807, 2.05) is 49.3 Å². The predicted molar refractivity (Wildman–Crippen MR) is 89.5 cm³/mol. The van der Waals surface area contributed by atoms with Gasteiger partial charge in [-0.3, -0.25) is 4.79 Å². The van der Waals surface area contributed by atoms with Crippen molar-refractivity contribution in [3.05, 3.63) is 30.3 Å². The molecule has 0 aliphatic carbocycles. The molecule has 21 heavy (non-hydrogen) atoms. The van der Waals surface area contributed by atoms with Crippen LogP contribution in [0.25, 0.3) is 0 Å². The molecule has 118 valence electrons. The Morgan fingerprint density at radius 1 is 1.00 bits per heavy atom. The number of likely N-dealkylation sites (N-methyl/N-ethyl adjacent to an activating group) is 1. The number of hydrogen-bond donors (Lipinski definition) is 1. The fourth-order valence-electron chi connectivity index (χ4n) is 2.21. The van der Waals surface area contributed by atoms with Gasteiger partial charge in [0.25, 0.3) is 0 Å². The van der Waals surface area contributed by atoms with Crippen molar-refractivity contribution in [2.24, 2.45) is 5.73 Å². The minimum atomic E-state index is 0.218. The standard InChI is InChI=1S/C17H29N3O/c1-19(2)14-15-20(16-10-6-5-7-11-16)17(21)12-8-3-4-9-13-18/h5-7,10-11H,3-4,8-9,12-15,18H2,1-2H3. The van der Waals surface area contributed by atoms with Crippen molar-refractivity contribution < 1.29 is 4.79 Å². The van der Waals surface area contributed by atoms with Gasteiger partial charge >= 0.3 is 0 Å². The number of amides is 1. The lowest BCUT2D eigenvalue weighted by Crippen LogP contribution is -2.36. The molecule has 0 saturated carbocycles. The second kappa shape index (κ2) is 10.4. The maximum atomic E-state index is 12.5. The zero-order valence-electron chi connectivity index (χ0n) is 13.4. The van der Waals surface area contributed by atoms with Crippen molar-refractivity contribution >= 4 is 11.6 Å². The second-order valence-electron chi connectivity index (χ2n) is 5.64. The van der Waals surface area contributed by atoms with Crippen molar-refractivity contribution in [3.8, 4) is 0 Å². The predicted octanol–water partition coefficient (Wildman–Crippen LogP) is 2.49. The highest BCUT2D eigenvalue weighted by Crippen LogP contribution is 2.15. The SMILES string of the molecule is CN(C)CCN(C(=O)CCCCCCN)c1ccccc1. The molecule has 0 spiro atoms. The molecule has 0 heterocycles. The van der Waals surface area contributed by atoms with Gasteiger partial charge in [-0.15, -0.1) is 0 Å². The molecule has 0 saturated heterocycles. The third-order valence-corrected chi connectivity index (χ3v) is 3.48. The van der Waals surface area contributed by atoms with Gasteiger partial charge in [-0.05, 0) is 45.6 Å². The highest BCUT2D eigenvalue weighted by molar-refractivity contribution is 5.93. The zero-order chi connectivity index (χ0) is 15.5. The van der Waals surface area contributed by atoms with Crippen molar-refractivity contribution in [1.82, 2.24) is 4.90 Å². The molecule has 0 aromatic heterocycles. The van der Waals surface area contributed by atoms with Crippen molar-refractivity contribution in [2.45, 2.75) is 32.1 Å². The van der Waals surface area contributed by atoms with E-state index in [0.29, 0.717) is 6.42 Å². The summed E-state index contributed by atoms with van der Waals surface area (Å²) < 4.78 is 0. The Bertz CT molecular complexity index is 392. The largest absolute Gasteiger partial charge is 0.330 e. The summed E-state index contributed by atoms with van der Waals surface area (Å²) >= 11 is 0. The Balaban J connectivity index is 2.53. The molecule has 1 rings (SSSR count). The molecule has 0 radical (unpaired) electrons. The minimum Gasteiger partial charge on any atom is -0.330 e. The van der Waals surface area contributed by atoms with E-state index >= 15 is 0 Å². The van der Waals surface area contributed by atoms with Crippen LogP contribution in [-0.2, 0) is 4.79 Å². The molecule has 0 aliphatic heterocycles. The van der Waals surface area contributed by atoms with E-state index in [2.05, 4.69) is 4.90 Å². The summed E-state index contributed by atoms with van der Waals surface area (Å²) in [5.41, 5.74) is 6.47. The number of nitrogens with zero attached hydrogens (tertiary/aromatic N) is 2. The lowest BCUT2D eigenvalue weighted by molar-refractivity contribution is -0.118. The number of anilines is 1. The van der Waals surface area contributed by atoms with Crippen LogP contribution in [0.15, 0.2) is 30.3 Å². The molecule has 4 nitrogen and oxygen atoms in total. The Hall–Kier alpha value is -1.39. The van der Waals surface area contributed by atoms with Crippen LogP contribution < -0.4 is 10.6 Å². The molecule has 0 fully saturated rings. The summed E-state index contributed by atoms with van der Waals surface area (Å²) in [6.07, 6.45) is 4.82. The highest BCUT2D eigenvalue weighted by atomic mass is 16.2. The number of hydrogen-bond acceptors (Lipinski definition) is 3. The molecule has 4 heteroatoms. The first kappa shape index (κ1) is 17.7. The number of para-hydroxylation sites is 1. The first-order valence-electron chi connectivity index (χ1n) is 7.85. The lowest BCUT2D eigenvalue weighted by Gasteiger charge is -2.24. The number of carbonyl (C=O) groups is 1. The van der Waals surface area contributed by atoms with E-state index in [1.165, 1.54) is 0 Å². The van der Waals surface area contributed by atoms with Crippen LogP contribution in [0.4, 0.5) is 5.69 Å². The number of rotatable bonds is 10. The van der Waals surface area contributed by atoms with E-state index < -0.39 is 0 Å². The van der Waals surface area contributed by atoms with E-state index in [0.717, 1.165) is 51.0 Å². The third-order valence-electron chi connectivity index (χ3n) is 3.48. The van der Waals surface area contributed by atoms with Crippen molar-refractivity contribution in [2.75, 3.05) is 38.6 Å². The van der Waals surface area contributed by atoms with Gasteiger partial charge in [0.15, 0.2) is 0 Å². The van der Waals surface area contributed by atoms with Crippen LogP contribution in [0.5, 0.6) is 0 Å². The van der Waals surface area contributed by atoms with Crippen molar-refractivity contribution in [3.63, 3.8) is 0 Å². The molecule has 0 atom stereocenters. The number of nitrogens with two attached hydrogens (primary N) is 1. The second-order valence-corrected chi connectivity index (χ2v) is 5.64. The Labute approximate surface area is 128 Å². The fourth-order valence-corrected chi connectivity index (χ4v) is 2.21. The van der Waals surface area contributed by atoms with Gasteiger partial charge in [0, 0.05) is 25.2 Å². The summed E-state index contributed by atoms with van der Waals surface area (Å²) in [6, 6.07) is 9.94. The van der Waals surface area contributed by atoms with Crippen LogP contribution in [0.3, 0.4) is 0 Å². The third kappa shape index (κ3) is 7.25. The zero-order valence-corrected chi connectivity index (χ0v) is 13.4. The first-order valence-corrected chi connectivity index (χ1v) is 7.85. The summed E-state index contributed by atoms with van der Waals surface area (Å²) in [4.78, 5) is 16.5. The van der Waals surface area contributed by atoms with Gasteiger partial charge in [0.2, 0.25) is 5.91 Å². The Morgan fingerprint density at radius 2 is 1.67 bits per heavy atom. The van der Waals surface area contributed by atoms with E-state index in [1.54, 1.807) is 0 Å². The molecule has 0 bridgehead atoms. The molecule has 0 aliphatic rings. The molecule has 1 amide bonds. The topological polar surface area (TPSA) is 49.6 Å². The number of carbonyl (C=O) groups excluding carboxylic acids is 1. The number of benzene rings is 1. The maximum Gasteiger partial charge on any atom is 0.227 e. The van der Waals surface area contributed by atoms with Gasteiger partial charge in [-0.25, -0.2) is 0 Å². The van der Waals surface area contributed by atoms with Gasteiger partial charge in [0.1, 0.15) is 0 Å². The average molecular weight is 291 g/mol.